The van der Waals surface area contributed by atoms with Crippen LogP contribution in [0.15, 0.2) is 29.2 Å². The third-order valence-corrected chi connectivity index (χ3v) is 4.63. The molecule has 0 saturated heterocycles. The second-order valence-corrected chi connectivity index (χ2v) is 7.69. The fourth-order valence-corrected chi connectivity index (χ4v) is 3.35. The molecule has 0 aliphatic heterocycles. The van der Waals surface area contributed by atoms with Crippen molar-refractivity contribution in [3.05, 3.63) is 29.8 Å². The van der Waals surface area contributed by atoms with Gasteiger partial charge in [0.1, 0.15) is 0 Å². The first kappa shape index (κ1) is 15.4. The van der Waals surface area contributed by atoms with E-state index < -0.39 is 0 Å². The molecule has 1 amide bonds. The summed E-state index contributed by atoms with van der Waals surface area (Å²) in [5.41, 5.74) is 1.39. The zero-order valence-corrected chi connectivity index (χ0v) is 13.6. The van der Waals surface area contributed by atoms with E-state index in [4.69, 9.17) is 0 Å². The van der Waals surface area contributed by atoms with Crippen molar-refractivity contribution in [2.45, 2.75) is 69.2 Å². The van der Waals surface area contributed by atoms with Gasteiger partial charge in [0.05, 0.1) is 0 Å². The smallest absolute Gasteiger partial charge is 0.284 e. The topological polar surface area (TPSA) is 29.1 Å². The minimum atomic E-state index is 0.0861. The number of carbonyl (C=O) groups is 1. The van der Waals surface area contributed by atoms with Crippen molar-refractivity contribution in [1.29, 1.82) is 0 Å². The molecule has 1 aliphatic rings. The van der Waals surface area contributed by atoms with Crippen molar-refractivity contribution in [1.82, 2.24) is 5.32 Å². The van der Waals surface area contributed by atoms with Gasteiger partial charge in [-0.3, -0.25) is 4.79 Å². The quantitative estimate of drug-likeness (QED) is 0.766. The van der Waals surface area contributed by atoms with Gasteiger partial charge in [-0.25, -0.2) is 0 Å². The lowest BCUT2D eigenvalue weighted by Gasteiger charge is -2.23. The van der Waals surface area contributed by atoms with Crippen molar-refractivity contribution in [2.24, 2.45) is 0 Å². The molecule has 1 saturated carbocycles. The van der Waals surface area contributed by atoms with Crippen LogP contribution in [0.4, 0.5) is 4.79 Å². The van der Waals surface area contributed by atoms with E-state index in [1.54, 1.807) is 0 Å². The maximum Gasteiger partial charge on any atom is 0.284 e. The molecule has 0 spiro atoms. The predicted molar refractivity (Wildman–Crippen MR) is 86.4 cm³/mol. The normalized spacial score (nSPS) is 16.9. The molecular formula is C17H25NOS. The summed E-state index contributed by atoms with van der Waals surface area (Å²) in [7, 11) is 0. The van der Waals surface area contributed by atoms with Crippen LogP contribution in [0.5, 0.6) is 0 Å². The minimum absolute atomic E-state index is 0.0861. The molecule has 0 bridgehead atoms. The van der Waals surface area contributed by atoms with E-state index in [1.807, 2.05) is 12.1 Å². The van der Waals surface area contributed by atoms with Crippen LogP contribution in [0.3, 0.4) is 0 Å². The summed E-state index contributed by atoms with van der Waals surface area (Å²) in [6.07, 6.45) is 6.07. The number of rotatable bonds is 2. The summed E-state index contributed by atoms with van der Waals surface area (Å²) in [6.45, 7) is 6.58. The Morgan fingerprint density at radius 2 is 1.90 bits per heavy atom. The maximum atomic E-state index is 12.1. The number of hydrogen-bond donors (Lipinski definition) is 1. The zero-order chi connectivity index (χ0) is 14.6. The lowest BCUT2D eigenvalue weighted by Crippen LogP contribution is -2.33. The highest BCUT2D eigenvalue weighted by Crippen LogP contribution is 2.28. The SMILES string of the molecule is CC(C)(C)c1cccc(SC(=O)NC2CCCCC2)c1. The van der Waals surface area contributed by atoms with Crippen LogP contribution in [0.1, 0.15) is 58.4 Å². The Morgan fingerprint density at radius 1 is 1.20 bits per heavy atom. The Balaban J connectivity index is 1.93. The molecule has 1 aromatic rings. The maximum absolute atomic E-state index is 12.1. The number of amides is 1. The van der Waals surface area contributed by atoms with Crippen molar-refractivity contribution in [3.63, 3.8) is 0 Å². The van der Waals surface area contributed by atoms with Crippen LogP contribution in [0, 0.1) is 0 Å². The van der Waals surface area contributed by atoms with Gasteiger partial charge in [-0.05, 0) is 47.7 Å². The summed E-state index contributed by atoms with van der Waals surface area (Å²) in [5, 5.41) is 3.24. The molecule has 1 fully saturated rings. The molecule has 1 N–H and O–H groups in total. The summed E-state index contributed by atoms with van der Waals surface area (Å²) < 4.78 is 0. The lowest BCUT2D eigenvalue weighted by molar-refractivity contribution is 0.253. The Bertz CT molecular complexity index is 458. The summed E-state index contributed by atoms with van der Waals surface area (Å²) in [6, 6.07) is 8.69. The molecule has 0 heterocycles. The highest BCUT2D eigenvalue weighted by molar-refractivity contribution is 8.13. The molecule has 0 aromatic heterocycles. The van der Waals surface area contributed by atoms with Crippen LogP contribution >= 0.6 is 11.8 Å². The van der Waals surface area contributed by atoms with Gasteiger partial charge in [0.2, 0.25) is 0 Å². The molecule has 1 aromatic carbocycles. The molecule has 3 heteroatoms. The number of thioether (sulfide) groups is 1. The van der Waals surface area contributed by atoms with Crippen LogP contribution in [0.25, 0.3) is 0 Å². The van der Waals surface area contributed by atoms with Crippen molar-refractivity contribution >= 4 is 17.0 Å². The summed E-state index contributed by atoms with van der Waals surface area (Å²) >= 11 is 1.32. The standard InChI is InChI=1S/C17H25NOS/c1-17(2,3)13-8-7-11-15(12-13)20-16(19)18-14-9-5-4-6-10-14/h7-8,11-12,14H,4-6,9-10H2,1-3H3,(H,18,19). The second kappa shape index (κ2) is 6.66. The molecule has 1 aliphatic carbocycles. The van der Waals surface area contributed by atoms with Crippen molar-refractivity contribution < 1.29 is 4.79 Å². The molecule has 20 heavy (non-hydrogen) atoms. The van der Waals surface area contributed by atoms with Crippen LogP contribution in [0.2, 0.25) is 0 Å². The summed E-state index contributed by atoms with van der Waals surface area (Å²) in [4.78, 5) is 13.1. The van der Waals surface area contributed by atoms with Crippen LogP contribution in [-0.4, -0.2) is 11.3 Å². The molecule has 110 valence electrons. The van der Waals surface area contributed by atoms with Gasteiger partial charge in [0.25, 0.3) is 5.24 Å². The fourth-order valence-electron chi connectivity index (χ4n) is 2.58. The number of nitrogens with one attached hydrogen (secondary N) is 1. The first-order valence-corrected chi connectivity index (χ1v) is 8.36. The first-order valence-electron chi connectivity index (χ1n) is 7.54. The van der Waals surface area contributed by atoms with E-state index in [0.717, 1.165) is 17.7 Å². The largest absolute Gasteiger partial charge is 0.344 e. The van der Waals surface area contributed by atoms with E-state index in [2.05, 4.69) is 38.2 Å². The molecule has 2 nitrogen and oxygen atoms in total. The zero-order valence-electron chi connectivity index (χ0n) is 12.7. The predicted octanol–water partition coefficient (Wildman–Crippen LogP) is 5.12. The van der Waals surface area contributed by atoms with Gasteiger partial charge >= 0.3 is 0 Å². The Kier molecular flexibility index (Phi) is 5.14. The highest BCUT2D eigenvalue weighted by atomic mass is 32.2. The molecule has 0 unspecified atom stereocenters. The van der Waals surface area contributed by atoms with Crippen LogP contribution in [-0.2, 0) is 5.41 Å². The third kappa shape index (κ3) is 4.55. The molecular weight excluding hydrogens is 266 g/mol. The first-order chi connectivity index (χ1) is 9.45. The van der Waals surface area contributed by atoms with Gasteiger partial charge in [-0.1, -0.05) is 52.2 Å². The number of carbonyl (C=O) groups excluding carboxylic acids is 1. The van der Waals surface area contributed by atoms with Crippen molar-refractivity contribution in [2.75, 3.05) is 0 Å². The summed E-state index contributed by atoms with van der Waals surface area (Å²) in [5.74, 6) is 0. The van der Waals surface area contributed by atoms with E-state index in [-0.39, 0.29) is 10.7 Å². The van der Waals surface area contributed by atoms with Gasteiger partial charge in [-0.15, -0.1) is 0 Å². The average molecular weight is 291 g/mol. The Labute approximate surface area is 126 Å². The van der Waals surface area contributed by atoms with E-state index in [0.29, 0.717) is 6.04 Å². The van der Waals surface area contributed by atoms with E-state index >= 15 is 0 Å². The second-order valence-electron chi connectivity index (χ2n) is 6.65. The Hall–Kier alpha value is -0.960. The van der Waals surface area contributed by atoms with E-state index in [9.17, 15) is 4.79 Å². The third-order valence-electron chi connectivity index (χ3n) is 3.84. The van der Waals surface area contributed by atoms with E-state index in [1.165, 1.54) is 36.6 Å². The number of benzene rings is 1. The van der Waals surface area contributed by atoms with Gasteiger partial charge in [0, 0.05) is 10.9 Å². The molecule has 0 radical (unpaired) electrons. The monoisotopic (exact) mass is 291 g/mol. The van der Waals surface area contributed by atoms with Crippen molar-refractivity contribution in [3.8, 4) is 0 Å². The molecule has 0 atom stereocenters. The average Bonchev–Trinajstić information content (AvgIpc) is 2.39. The fraction of sp³-hybridized carbons (Fsp3) is 0.588. The van der Waals surface area contributed by atoms with Gasteiger partial charge in [-0.2, -0.15) is 0 Å². The lowest BCUT2D eigenvalue weighted by atomic mass is 9.87. The number of hydrogen-bond acceptors (Lipinski definition) is 2. The highest BCUT2D eigenvalue weighted by Gasteiger charge is 2.17. The Morgan fingerprint density at radius 3 is 2.55 bits per heavy atom. The van der Waals surface area contributed by atoms with Gasteiger partial charge in [0.15, 0.2) is 0 Å². The molecule has 2 rings (SSSR count). The van der Waals surface area contributed by atoms with Gasteiger partial charge < -0.3 is 5.32 Å². The minimum Gasteiger partial charge on any atom is -0.344 e. The van der Waals surface area contributed by atoms with Crippen LogP contribution < -0.4 is 5.32 Å².